The molecule has 0 aromatic carbocycles. The van der Waals surface area contributed by atoms with Gasteiger partial charge < -0.3 is 15.4 Å². The van der Waals surface area contributed by atoms with Crippen molar-refractivity contribution >= 4 is 17.7 Å². The van der Waals surface area contributed by atoms with Gasteiger partial charge in [-0.3, -0.25) is 4.79 Å². The molecule has 5 heteroatoms. The van der Waals surface area contributed by atoms with Crippen LogP contribution in [0.2, 0.25) is 0 Å². The van der Waals surface area contributed by atoms with E-state index in [4.69, 9.17) is 4.74 Å². The molecule has 4 nitrogen and oxygen atoms in total. The van der Waals surface area contributed by atoms with Gasteiger partial charge in [0.2, 0.25) is 0 Å². The first-order chi connectivity index (χ1) is 6.74. The Hall–Kier alpha value is -0.260. The molecule has 0 radical (unpaired) electrons. The number of hydrogen-bond acceptors (Lipinski definition) is 4. The molecule has 0 spiro atoms. The van der Waals surface area contributed by atoms with Crippen molar-refractivity contribution in [3.8, 4) is 0 Å². The standard InChI is InChI=1S/C9H18N2O2S/c1-7(6-14-2)11-9(12)8-5-10-3-4-13-8/h7-8,10H,3-6H2,1-2H3,(H,11,12). The van der Waals surface area contributed by atoms with E-state index in [1.54, 1.807) is 11.8 Å². The maximum atomic E-state index is 11.6. The lowest BCUT2D eigenvalue weighted by Gasteiger charge is -2.24. The molecule has 1 amide bonds. The fourth-order valence-electron chi connectivity index (χ4n) is 1.36. The molecule has 0 aliphatic carbocycles. The second kappa shape index (κ2) is 6.27. The average molecular weight is 218 g/mol. The van der Waals surface area contributed by atoms with E-state index in [0.29, 0.717) is 13.2 Å². The van der Waals surface area contributed by atoms with Gasteiger partial charge in [0.1, 0.15) is 6.10 Å². The summed E-state index contributed by atoms with van der Waals surface area (Å²) in [5.74, 6) is 0.935. The van der Waals surface area contributed by atoms with Gasteiger partial charge in [-0.15, -0.1) is 0 Å². The number of morpholine rings is 1. The Morgan fingerprint density at radius 3 is 3.14 bits per heavy atom. The molecule has 0 aromatic rings. The van der Waals surface area contributed by atoms with Crippen LogP contribution in [0.1, 0.15) is 6.92 Å². The Morgan fingerprint density at radius 2 is 2.57 bits per heavy atom. The summed E-state index contributed by atoms with van der Waals surface area (Å²) in [6.45, 7) is 4.08. The van der Waals surface area contributed by atoms with Crippen molar-refractivity contribution in [2.75, 3.05) is 31.7 Å². The third kappa shape index (κ3) is 3.86. The van der Waals surface area contributed by atoms with Crippen molar-refractivity contribution in [3.63, 3.8) is 0 Å². The lowest BCUT2D eigenvalue weighted by molar-refractivity contribution is -0.134. The van der Waals surface area contributed by atoms with Gasteiger partial charge in [0.05, 0.1) is 6.61 Å². The van der Waals surface area contributed by atoms with Gasteiger partial charge in [-0.05, 0) is 13.2 Å². The number of rotatable bonds is 4. The highest BCUT2D eigenvalue weighted by atomic mass is 32.2. The van der Waals surface area contributed by atoms with Gasteiger partial charge in [0.15, 0.2) is 0 Å². The summed E-state index contributed by atoms with van der Waals surface area (Å²) in [5.41, 5.74) is 0. The second-order valence-electron chi connectivity index (χ2n) is 3.43. The number of amides is 1. The molecule has 0 saturated carbocycles. The van der Waals surface area contributed by atoms with Gasteiger partial charge in [0.25, 0.3) is 5.91 Å². The first-order valence-electron chi connectivity index (χ1n) is 4.85. The lowest BCUT2D eigenvalue weighted by atomic mass is 10.2. The van der Waals surface area contributed by atoms with Crippen LogP contribution in [0, 0.1) is 0 Å². The molecule has 82 valence electrons. The third-order valence-corrected chi connectivity index (χ3v) is 2.86. The average Bonchev–Trinajstić information content (AvgIpc) is 2.19. The highest BCUT2D eigenvalue weighted by molar-refractivity contribution is 7.98. The first kappa shape index (κ1) is 11.8. The fraction of sp³-hybridized carbons (Fsp3) is 0.889. The van der Waals surface area contributed by atoms with Crippen LogP contribution in [-0.2, 0) is 9.53 Å². The van der Waals surface area contributed by atoms with E-state index in [1.807, 2.05) is 13.2 Å². The van der Waals surface area contributed by atoms with Crippen molar-refractivity contribution in [3.05, 3.63) is 0 Å². The Balaban J connectivity index is 2.25. The van der Waals surface area contributed by atoms with Crippen LogP contribution >= 0.6 is 11.8 Å². The van der Waals surface area contributed by atoms with Crippen LogP contribution in [0.5, 0.6) is 0 Å². The Kier molecular flexibility index (Phi) is 5.29. The monoisotopic (exact) mass is 218 g/mol. The number of thioether (sulfide) groups is 1. The van der Waals surface area contributed by atoms with Gasteiger partial charge >= 0.3 is 0 Å². The number of carbonyl (C=O) groups is 1. The maximum Gasteiger partial charge on any atom is 0.250 e. The molecule has 1 heterocycles. The fourth-order valence-corrected chi connectivity index (χ4v) is 1.94. The number of carbonyl (C=O) groups excluding carboxylic acids is 1. The zero-order valence-electron chi connectivity index (χ0n) is 8.71. The topological polar surface area (TPSA) is 50.4 Å². The molecule has 1 fully saturated rings. The molecule has 1 saturated heterocycles. The summed E-state index contributed by atoms with van der Waals surface area (Å²) in [6.07, 6.45) is 1.72. The summed E-state index contributed by atoms with van der Waals surface area (Å²) < 4.78 is 5.34. The molecule has 2 unspecified atom stereocenters. The predicted octanol–water partition coefficient (Wildman–Crippen LogP) is -0.157. The molecule has 1 rings (SSSR count). The first-order valence-corrected chi connectivity index (χ1v) is 6.25. The van der Waals surface area contributed by atoms with Crippen molar-refractivity contribution in [1.29, 1.82) is 0 Å². The molecule has 0 aromatic heterocycles. The van der Waals surface area contributed by atoms with Gasteiger partial charge in [-0.2, -0.15) is 11.8 Å². The third-order valence-electron chi connectivity index (χ3n) is 2.03. The largest absolute Gasteiger partial charge is 0.366 e. The summed E-state index contributed by atoms with van der Waals surface area (Å²) >= 11 is 1.73. The number of nitrogens with one attached hydrogen (secondary N) is 2. The van der Waals surface area contributed by atoms with Crippen LogP contribution in [0.25, 0.3) is 0 Å². The van der Waals surface area contributed by atoms with Gasteiger partial charge in [-0.25, -0.2) is 0 Å². The zero-order valence-corrected chi connectivity index (χ0v) is 9.52. The maximum absolute atomic E-state index is 11.6. The summed E-state index contributed by atoms with van der Waals surface area (Å²) in [4.78, 5) is 11.6. The predicted molar refractivity (Wildman–Crippen MR) is 58.6 cm³/mol. The number of ether oxygens (including phenoxy) is 1. The highest BCUT2D eigenvalue weighted by Gasteiger charge is 2.22. The van der Waals surface area contributed by atoms with E-state index in [-0.39, 0.29) is 18.1 Å². The Morgan fingerprint density at radius 1 is 1.79 bits per heavy atom. The number of hydrogen-bond donors (Lipinski definition) is 2. The van der Waals surface area contributed by atoms with Crippen molar-refractivity contribution in [1.82, 2.24) is 10.6 Å². The van der Waals surface area contributed by atoms with Crippen LogP contribution in [-0.4, -0.2) is 49.8 Å². The van der Waals surface area contributed by atoms with Crippen LogP contribution < -0.4 is 10.6 Å². The van der Waals surface area contributed by atoms with Crippen LogP contribution in [0.15, 0.2) is 0 Å². The molecule has 2 N–H and O–H groups in total. The zero-order chi connectivity index (χ0) is 10.4. The summed E-state index contributed by atoms with van der Waals surface area (Å²) in [6, 6.07) is 0.211. The molecule has 0 bridgehead atoms. The van der Waals surface area contributed by atoms with Gasteiger partial charge in [-0.1, -0.05) is 0 Å². The van der Waals surface area contributed by atoms with Crippen molar-refractivity contribution < 1.29 is 9.53 Å². The van der Waals surface area contributed by atoms with Crippen molar-refractivity contribution in [2.45, 2.75) is 19.1 Å². The molecule has 2 atom stereocenters. The van der Waals surface area contributed by atoms with E-state index in [0.717, 1.165) is 12.3 Å². The molecule has 1 aliphatic heterocycles. The molecule has 14 heavy (non-hydrogen) atoms. The highest BCUT2D eigenvalue weighted by Crippen LogP contribution is 2.00. The lowest BCUT2D eigenvalue weighted by Crippen LogP contribution is -2.50. The van der Waals surface area contributed by atoms with E-state index in [9.17, 15) is 4.79 Å². The van der Waals surface area contributed by atoms with E-state index >= 15 is 0 Å². The van der Waals surface area contributed by atoms with Crippen LogP contribution in [0.3, 0.4) is 0 Å². The Bertz CT molecular complexity index is 184. The molecular formula is C9H18N2O2S. The second-order valence-corrected chi connectivity index (χ2v) is 4.34. The minimum absolute atomic E-state index is 0.00116. The van der Waals surface area contributed by atoms with E-state index in [2.05, 4.69) is 10.6 Å². The van der Waals surface area contributed by atoms with E-state index < -0.39 is 0 Å². The quantitative estimate of drug-likeness (QED) is 0.688. The van der Waals surface area contributed by atoms with E-state index in [1.165, 1.54) is 0 Å². The molecular weight excluding hydrogens is 200 g/mol. The SMILES string of the molecule is CSCC(C)NC(=O)C1CNCCO1. The molecule has 1 aliphatic rings. The minimum atomic E-state index is -0.312. The summed E-state index contributed by atoms with van der Waals surface area (Å²) in [5, 5.41) is 6.06. The Labute approximate surface area is 89.2 Å². The van der Waals surface area contributed by atoms with Gasteiger partial charge in [0, 0.05) is 24.9 Å². The van der Waals surface area contributed by atoms with Crippen LogP contribution in [0.4, 0.5) is 0 Å². The minimum Gasteiger partial charge on any atom is -0.366 e. The normalized spacial score (nSPS) is 24.3. The smallest absolute Gasteiger partial charge is 0.250 e. The summed E-state index contributed by atoms with van der Waals surface area (Å²) in [7, 11) is 0. The van der Waals surface area contributed by atoms with Crippen molar-refractivity contribution in [2.24, 2.45) is 0 Å².